The molecule has 1 rings (SSSR count). The summed E-state index contributed by atoms with van der Waals surface area (Å²) in [6.45, 7) is 8.53. The van der Waals surface area contributed by atoms with Gasteiger partial charge in [0.15, 0.2) is 0 Å². The van der Waals surface area contributed by atoms with Crippen LogP contribution in [0.4, 0.5) is 7.00 Å². The minimum atomic E-state index is -4.20. The van der Waals surface area contributed by atoms with E-state index in [1.807, 2.05) is 26.8 Å². The molecule has 0 radical (unpaired) electrons. The van der Waals surface area contributed by atoms with E-state index in [1.54, 1.807) is 6.08 Å². The molecule has 104 valence electrons. The summed E-state index contributed by atoms with van der Waals surface area (Å²) in [6.07, 6.45) is 4.24. The Morgan fingerprint density at radius 3 is 2.00 bits per heavy atom. The van der Waals surface area contributed by atoms with Gasteiger partial charge in [0.1, 0.15) is 0 Å². The van der Waals surface area contributed by atoms with Gasteiger partial charge in [-0.2, -0.15) is 0 Å². The Labute approximate surface area is 119 Å². The molecule has 3 nitrogen and oxygen atoms in total. The molecule has 0 aliphatic heterocycles. The van der Waals surface area contributed by atoms with Crippen LogP contribution in [-0.4, -0.2) is 34.9 Å². The molecule has 0 unspecified atom stereocenters. The second-order valence-electron chi connectivity index (χ2n) is 4.18. The SMILES string of the molecule is CC[NH][Zr]([NH]CC)([NH]CC)[C]1=[C]([GeH]([F])[F])C=CC1. The molecule has 7 heteroatoms. The van der Waals surface area contributed by atoms with Crippen molar-refractivity contribution in [1.82, 2.24) is 9.78 Å². The van der Waals surface area contributed by atoms with Gasteiger partial charge in [0.05, 0.1) is 0 Å². The van der Waals surface area contributed by atoms with Gasteiger partial charge >= 0.3 is 120 Å². The van der Waals surface area contributed by atoms with E-state index in [-0.39, 0.29) is 0 Å². The number of allylic oxidation sites excluding steroid dienone is 4. The fourth-order valence-electron chi connectivity index (χ4n) is 2.40. The van der Waals surface area contributed by atoms with Crippen molar-refractivity contribution in [3.63, 3.8) is 0 Å². The summed E-state index contributed by atoms with van der Waals surface area (Å²) in [6, 6.07) is 0. The third-order valence-corrected chi connectivity index (χ3v) is 16.5. The van der Waals surface area contributed by atoms with Gasteiger partial charge in [-0.05, 0) is 0 Å². The Morgan fingerprint density at radius 2 is 1.61 bits per heavy atom. The second kappa shape index (κ2) is 8.05. The van der Waals surface area contributed by atoms with Crippen molar-refractivity contribution in [1.29, 1.82) is 0 Å². The predicted octanol–water partition coefficient (Wildman–Crippen LogP) is 1.63. The summed E-state index contributed by atoms with van der Waals surface area (Å²) in [5.41, 5.74) is 0. The number of rotatable bonds is 8. The Balaban J connectivity index is 3.11. The van der Waals surface area contributed by atoms with Gasteiger partial charge in [-0.3, -0.25) is 0 Å². The van der Waals surface area contributed by atoms with Crippen molar-refractivity contribution in [3.8, 4) is 0 Å². The quantitative estimate of drug-likeness (QED) is 0.544. The fraction of sp³-hybridized carbons (Fsp3) is 0.636. The van der Waals surface area contributed by atoms with Crippen molar-refractivity contribution in [2.75, 3.05) is 19.6 Å². The Kier molecular flexibility index (Phi) is 7.47. The van der Waals surface area contributed by atoms with E-state index in [2.05, 4.69) is 9.78 Å². The van der Waals surface area contributed by atoms with E-state index in [9.17, 15) is 7.00 Å². The fourth-order valence-corrected chi connectivity index (χ4v) is 16.6. The molecule has 0 bridgehead atoms. The molecular formula is C11H23F2GeN3Zr. The molecule has 0 saturated heterocycles. The van der Waals surface area contributed by atoms with Gasteiger partial charge in [-0.1, -0.05) is 0 Å². The molecule has 3 N–H and O–H groups in total. The standard InChI is InChI=1S/C5H5F2Ge.3C2H6N.Zr/c6-8(7)5-3-1-2-4-5;3*1-2-3;/h1,3,8H,2H2;3*3H,2H2,1H3;/q;3*-1;+3. The van der Waals surface area contributed by atoms with Gasteiger partial charge in [-0.15, -0.1) is 0 Å². The summed E-state index contributed by atoms with van der Waals surface area (Å²) < 4.78 is 38.5. The molecule has 18 heavy (non-hydrogen) atoms. The van der Waals surface area contributed by atoms with Gasteiger partial charge < -0.3 is 0 Å². The topological polar surface area (TPSA) is 36.1 Å². The van der Waals surface area contributed by atoms with Crippen LogP contribution in [0.15, 0.2) is 19.8 Å². The average Bonchev–Trinajstić information content (AvgIpc) is 2.79. The van der Waals surface area contributed by atoms with Crippen LogP contribution in [0.25, 0.3) is 0 Å². The number of hydrogen-bond acceptors (Lipinski definition) is 3. The van der Waals surface area contributed by atoms with Gasteiger partial charge in [0.25, 0.3) is 0 Å². The van der Waals surface area contributed by atoms with E-state index < -0.39 is 36.4 Å². The maximum atomic E-state index is 13.3. The van der Waals surface area contributed by atoms with Gasteiger partial charge in [0, 0.05) is 0 Å². The monoisotopic (exact) mass is 399 g/mol. The minimum absolute atomic E-state index is 0.404. The molecule has 0 spiro atoms. The molecule has 1 aliphatic carbocycles. The normalized spacial score (nSPS) is 16.1. The summed E-state index contributed by atoms with van der Waals surface area (Å²) in [5.74, 6) is 0. The molecule has 1 aliphatic rings. The van der Waals surface area contributed by atoms with Crippen LogP contribution in [0.3, 0.4) is 0 Å². The van der Waals surface area contributed by atoms with Gasteiger partial charge in [0.2, 0.25) is 0 Å². The van der Waals surface area contributed by atoms with Crippen LogP contribution in [0.1, 0.15) is 27.2 Å². The van der Waals surface area contributed by atoms with Crippen LogP contribution in [0.2, 0.25) is 0 Å². The Hall–Kier alpha value is 0.646. The molecule has 0 atom stereocenters. The zero-order valence-electron chi connectivity index (χ0n) is 11.3. The molecule has 0 aromatic carbocycles. The summed E-state index contributed by atoms with van der Waals surface area (Å²) in [4.78, 5) is 0. The number of hydrogen-bond donors (Lipinski definition) is 3. The molecule has 0 aromatic rings. The van der Waals surface area contributed by atoms with Crippen LogP contribution < -0.4 is 9.78 Å². The number of halogens is 2. The van der Waals surface area contributed by atoms with Crippen molar-refractivity contribution in [2.45, 2.75) is 27.2 Å². The molecular weight excluding hydrogens is 376 g/mol. The molecule has 0 fully saturated rings. The third kappa shape index (κ3) is 3.82. The van der Waals surface area contributed by atoms with Gasteiger partial charge in [-0.25, -0.2) is 0 Å². The first-order valence-electron chi connectivity index (χ1n) is 6.54. The zero-order valence-corrected chi connectivity index (χ0v) is 16.2. The summed E-state index contributed by atoms with van der Waals surface area (Å²) in [7, 11) is 0. The molecule has 0 aromatic heterocycles. The second-order valence-corrected chi connectivity index (χ2v) is 14.5. The predicted molar refractivity (Wildman–Crippen MR) is 71.2 cm³/mol. The van der Waals surface area contributed by atoms with Crippen molar-refractivity contribution in [2.24, 2.45) is 0 Å². The maximum absolute atomic E-state index is 13.3. The van der Waals surface area contributed by atoms with E-state index in [1.165, 1.54) is 0 Å². The van der Waals surface area contributed by atoms with Crippen molar-refractivity contribution in [3.05, 3.63) is 19.8 Å². The summed E-state index contributed by atoms with van der Waals surface area (Å²) >= 11 is -7.41. The van der Waals surface area contributed by atoms with Crippen LogP contribution in [0, 0.1) is 0 Å². The van der Waals surface area contributed by atoms with Crippen LogP contribution in [-0.2, 0) is 21.1 Å². The van der Waals surface area contributed by atoms with Crippen LogP contribution in [0.5, 0.6) is 0 Å². The molecule has 0 amide bonds. The molecule has 0 heterocycles. The first-order valence-corrected chi connectivity index (χ1v) is 14.5. The van der Waals surface area contributed by atoms with E-state index in [0.29, 0.717) is 10.8 Å². The van der Waals surface area contributed by atoms with Crippen LogP contribution >= 0.6 is 0 Å². The van der Waals surface area contributed by atoms with Crippen molar-refractivity contribution >= 4 is 15.3 Å². The van der Waals surface area contributed by atoms with E-state index in [4.69, 9.17) is 0 Å². The molecule has 0 saturated carbocycles. The van der Waals surface area contributed by atoms with Crippen molar-refractivity contribution < 1.29 is 28.1 Å². The zero-order chi connectivity index (χ0) is 13.6. The Bertz CT molecular complexity index is 317. The summed E-state index contributed by atoms with van der Waals surface area (Å²) in [5, 5.41) is 0. The van der Waals surface area contributed by atoms with E-state index in [0.717, 1.165) is 22.9 Å². The first-order chi connectivity index (χ1) is 8.61. The first kappa shape index (κ1) is 16.7. The number of nitrogens with one attached hydrogen (secondary N) is 3. The Morgan fingerprint density at radius 1 is 1.11 bits per heavy atom. The van der Waals surface area contributed by atoms with E-state index >= 15 is 0 Å². The average molecular weight is 399 g/mol. The third-order valence-electron chi connectivity index (χ3n) is 2.98.